The third kappa shape index (κ3) is 6.10. The van der Waals surface area contributed by atoms with Crippen LogP contribution in [0.4, 0.5) is 0 Å². The first kappa shape index (κ1) is 11.4. The van der Waals surface area contributed by atoms with Gasteiger partial charge in [-0.3, -0.25) is 0 Å². The predicted molar refractivity (Wildman–Crippen MR) is 49.9 cm³/mol. The molecule has 12 heavy (non-hydrogen) atoms. The first-order chi connectivity index (χ1) is 5.56. The molecular formula is C10H18O2. The summed E-state index contributed by atoms with van der Waals surface area (Å²) in [4.78, 5) is 10.1. The van der Waals surface area contributed by atoms with Gasteiger partial charge in [-0.1, -0.05) is 18.6 Å². The second-order valence-corrected chi connectivity index (χ2v) is 3.55. The molecule has 0 rings (SSSR count). The smallest absolute Gasteiger partial charge is 0.120 e. The van der Waals surface area contributed by atoms with Gasteiger partial charge in [0.15, 0.2) is 0 Å². The van der Waals surface area contributed by atoms with E-state index in [0.717, 1.165) is 11.9 Å². The Kier molecular flexibility index (Phi) is 5.64. The summed E-state index contributed by atoms with van der Waals surface area (Å²) in [7, 11) is 0. The molecule has 70 valence electrons. The molecule has 2 unspecified atom stereocenters. The Labute approximate surface area is 74.3 Å². The average molecular weight is 170 g/mol. The molecular weight excluding hydrogens is 152 g/mol. The van der Waals surface area contributed by atoms with E-state index < -0.39 is 6.10 Å². The normalized spacial score (nSPS) is 15.0. The first-order valence-corrected chi connectivity index (χ1v) is 4.33. The van der Waals surface area contributed by atoms with Gasteiger partial charge in [0, 0.05) is 6.42 Å². The minimum atomic E-state index is -0.398. The topological polar surface area (TPSA) is 37.3 Å². The zero-order valence-electron chi connectivity index (χ0n) is 8.08. The van der Waals surface area contributed by atoms with Gasteiger partial charge in [-0.2, -0.15) is 0 Å². The second kappa shape index (κ2) is 5.95. The molecule has 0 heterocycles. The fraction of sp³-hybridized carbons (Fsp3) is 0.700. The Morgan fingerprint density at radius 1 is 1.50 bits per heavy atom. The fourth-order valence-electron chi connectivity index (χ4n) is 1.13. The molecule has 0 amide bonds. The van der Waals surface area contributed by atoms with E-state index in [-0.39, 0.29) is 5.92 Å². The number of aldehydes is 1. The van der Waals surface area contributed by atoms with E-state index in [4.69, 9.17) is 0 Å². The van der Waals surface area contributed by atoms with Crippen LogP contribution in [0.25, 0.3) is 0 Å². The molecule has 1 N–H and O–H groups in total. The van der Waals surface area contributed by atoms with Gasteiger partial charge in [-0.15, -0.1) is 0 Å². The van der Waals surface area contributed by atoms with Crippen molar-refractivity contribution < 1.29 is 9.90 Å². The molecule has 2 nitrogen and oxygen atoms in total. The number of rotatable bonds is 5. The van der Waals surface area contributed by atoms with Crippen molar-refractivity contribution in [3.8, 4) is 0 Å². The molecule has 0 aromatic heterocycles. The summed E-state index contributed by atoms with van der Waals surface area (Å²) in [5.41, 5.74) is 1.11. The largest absolute Gasteiger partial charge is 0.389 e. The molecule has 0 bridgehead atoms. The molecule has 2 heteroatoms. The maximum atomic E-state index is 10.1. The van der Waals surface area contributed by atoms with Gasteiger partial charge >= 0.3 is 0 Å². The SMILES string of the molecule is CC(C)=CC(O)CC(C)CC=O. The van der Waals surface area contributed by atoms with E-state index in [0.29, 0.717) is 12.8 Å². The summed E-state index contributed by atoms with van der Waals surface area (Å²) >= 11 is 0. The lowest BCUT2D eigenvalue weighted by Gasteiger charge is -2.10. The predicted octanol–water partition coefficient (Wildman–Crippen LogP) is 1.93. The van der Waals surface area contributed by atoms with Gasteiger partial charge in [-0.25, -0.2) is 0 Å². The van der Waals surface area contributed by atoms with Crippen molar-refractivity contribution in [1.82, 2.24) is 0 Å². The minimum absolute atomic E-state index is 0.271. The summed E-state index contributed by atoms with van der Waals surface area (Å²) in [6, 6.07) is 0. The number of carbonyl (C=O) groups is 1. The number of hydrogen-bond donors (Lipinski definition) is 1. The molecule has 0 saturated heterocycles. The average Bonchev–Trinajstić information content (AvgIpc) is 1.84. The summed E-state index contributed by atoms with van der Waals surface area (Å²) in [6.07, 6.45) is 3.53. The van der Waals surface area contributed by atoms with E-state index in [1.807, 2.05) is 26.8 Å². The third-order valence-corrected chi connectivity index (χ3v) is 1.67. The third-order valence-electron chi connectivity index (χ3n) is 1.67. The molecule has 0 aliphatic heterocycles. The monoisotopic (exact) mass is 170 g/mol. The van der Waals surface area contributed by atoms with Crippen molar-refractivity contribution in [3.05, 3.63) is 11.6 Å². The van der Waals surface area contributed by atoms with Crippen molar-refractivity contribution in [3.63, 3.8) is 0 Å². The number of allylic oxidation sites excluding steroid dienone is 1. The second-order valence-electron chi connectivity index (χ2n) is 3.55. The van der Waals surface area contributed by atoms with Gasteiger partial charge in [0.25, 0.3) is 0 Å². The molecule has 0 aliphatic carbocycles. The van der Waals surface area contributed by atoms with Crippen LogP contribution in [0.3, 0.4) is 0 Å². The van der Waals surface area contributed by atoms with Crippen molar-refractivity contribution in [2.75, 3.05) is 0 Å². The molecule has 0 aromatic rings. The van der Waals surface area contributed by atoms with Crippen LogP contribution >= 0.6 is 0 Å². The summed E-state index contributed by atoms with van der Waals surface area (Å²) in [5, 5.41) is 9.42. The van der Waals surface area contributed by atoms with E-state index in [9.17, 15) is 9.90 Å². The van der Waals surface area contributed by atoms with Crippen molar-refractivity contribution >= 4 is 6.29 Å². The van der Waals surface area contributed by atoms with Crippen LogP contribution in [0, 0.1) is 5.92 Å². The quantitative estimate of drug-likeness (QED) is 0.505. The Morgan fingerprint density at radius 3 is 2.50 bits per heavy atom. The number of carbonyl (C=O) groups excluding carboxylic acids is 1. The first-order valence-electron chi connectivity index (χ1n) is 4.33. The molecule has 0 aliphatic rings. The molecule has 0 spiro atoms. The maximum absolute atomic E-state index is 10.1. The highest BCUT2D eigenvalue weighted by atomic mass is 16.3. The lowest BCUT2D eigenvalue weighted by Crippen LogP contribution is -2.09. The van der Waals surface area contributed by atoms with E-state index in [2.05, 4.69) is 0 Å². The summed E-state index contributed by atoms with van der Waals surface area (Å²) in [6.45, 7) is 5.87. The maximum Gasteiger partial charge on any atom is 0.120 e. The Hall–Kier alpha value is -0.630. The summed E-state index contributed by atoms with van der Waals surface area (Å²) in [5.74, 6) is 0.271. The van der Waals surface area contributed by atoms with Gasteiger partial charge in [0.2, 0.25) is 0 Å². The van der Waals surface area contributed by atoms with Crippen LogP contribution in [-0.4, -0.2) is 17.5 Å². The Morgan fingerprint density at radius 2 is 2.08 bits per heavy atom. The van der Waals surface area contributed by atoms with Crippen LogP contribution in [0.1, 0.15) is 33.6 Å². The number of aliphatic hydroxyl groups is 1. The zero-order chi connectivity index (χ0) is 9.56. The van der Waals surface area contributed by atoms with Crippen molar-refractivity contribution in [1.29, 1.82) is 0 Å². The van der Waals surface area contributed by atoms with E-state index in [1.54, 1.807) is 0 Å². The lowest BCUT2D eigenvalue weighted by molar-refractivity contribution is -0.108. The van der Waals surface area contributed by atoms with Crippen molar-refractivity contribution in [2.24, 2.45) is 5.92 Å². The highest BCUT2D eigenvalue weighted by molar-refractivity contribution is 5.49. The number of hydrogen-bond acceptors (Lipinski definition) is 2. The number of aliphatic hydroxyl groups excluding tert-OH is 1. The molecule has 0 fully saturated rings. The van der Waals surface area contributed by atoms with E-state index in [1.165, 1.54) is 0 Å². The zero-order valence-corrected chi connectivity index (χ0v) is 8.08. The molecule has 0 aromatic carbocycles. The van der Waals surface area contributed by atoms with Crippen LogP contribution in [0.15, 0.2) is 11.6 Å². The van der Waals surface area contributed by atoms with E-state index >= 15 is 0 Å². The molecule has 0 radical (unpaired) electrons. The van der Waals surface area contributed by atoms with Crippen LogP contribution in [0.2, 0.25) is 0 Å². The minimum Gasteiger partial charge on any atom is -0.389 e. The fourth-order valence-corrected chi connectivity index (χ4v) is 1.13. The van der Waals surface area contributed by atoms with Gasteiger partial charge in [-0.05, 0) is 26.2 Å². The van der Waals surface area contributed by atoms with Gasteiger partial charge in [0.05, 0.1) is 6.10 Å². The lowest BCUT2D eigenvalue weighted by atomic mass is 10.00. The van der Waals surface area contributed by atoms with Crippen LogP contribution in [-0.2, 0) is 4.79 Å². The van der Waals surface area contributed by atoms with Crippen molar-refractivity contribution in [2.45, 2.75) is 39.7 Å². The molecule has 0 saturated carbocycles. The van der Waals surface area contributed by atoms with Crippen LogP contribution in [0.5, 0.6) is 0 Å². The standard InChI is InChI=1S/C10H18O2/c1-8(2)6-10(12)7-9(3)4-5-11/h5-6,9-10,12H,4,7H2,1-3H3. The Bertz CT molecular complexity index is 157. The Balaban J connectivity index is 3.75. The summed E-state index contributed by atoms with van der Waals surface area (Å²) < 4.78 is 0. The van der Waals surface area contributed by atoms with Gasteiger partial charge < -0.3 is 9.90 Å². The highest BCUT2D eigenvalue weighted by Gasteiger charge is 2.06. The molecule has 2 atom stereocenters. The van der Waals surface area contributed by atoms with Gasteiger partial charge in [0.1, 0.15) is 6.29 Å². The van der Waals surface area contributed by atoms with Crippen LogP contribution < -0.4 is 0 Å². The highest BCUT2D eigenvalue weighted by Crippen LogP contribution is 2.10.